The SMILES string of the molecule is Cc1ccc(COC(=O)c2c(C(=O)c3ccccc3)c(O)c(O)c(OC(=O)c3ccccc3)c2C(=O)c2ccccc2)cc1. The van der Waals surface area contributed by atoms with E-state index in [4.69, 9.17) is 9.47 Å². The highest BCUT2D eigenvalue weighted by Crippen LogP contribution is 2.46. The maximum absolute atomic E-state index is 14.1. The summed E-state index contributed by atoms with van der Waals surface area (Å²) in [4.78, 5) is 55.0. The summed E-state index contributed by atoms with van der Waals surface area (Å²) in [5.41, 5.74) is -0.176. The topological polar surface area (TPSA) is 127 Å². The lowest BCUT2D eigenvalue weighted by Crippen LogP contribution is -2.21. The number of carbonyl (C=O) groups excluding carboxylic acids is 4. The Hall–Kier alpha value is -6.02. The number of phenols is 2. The number of esters is 2. The molecule has 0 amide bonds. The molecule has 8 nitrogen and oxygen atoms in total. The number of ketones is 2. The van der Waals surface area contributed by atoms with Crippen LogP contribution in [0.3, 0.4) is 0 Å². The Kier molecular flexibility index (Phi) is 8.62. The summed E-state index contributed by atoms with van der Waals surface area (Å²) in [6.07, 6.45) is 0. The van der Waals surface area contributed by atoms with E-state index >= 15 is 0 Å². The molecule has 5 aromatic carbocycles. The molecule has 0 saturated carbocycles. The van der Waals surface area contributed by atoms with Crippen LogP contribution < -0.4 is 4.74 Å². The third kappa shape index (κ3) is 6.10. The summed E-state index contributed by atoms with van der Waals surface area (Å²) in [7, 11) is 0. The number of ether oxygens (including phenoxy) is 2. The van der Waals surface area contributed by atoms with Gasteiger partial charge in [-0.15, -0.1) is 0 Å². The van der Waals surface area contributed by atoms with Crippen LogP contribution in [0.5, 0.6) is 17.2 Å². The molecule has 2 N–H and O–H groups in total. The minimum atomic E-state index is -1.16. The molecule has 0 fully saturated rings. The molecule has 0 aliphatic carbocycles. The van der Waals surface area contributed by atoms with Gasteiger partial charge in [-0.3, -0.25) is 9.59 Å². The number of aromatic hydroxyl groups is 2. The molecular formula is C36H26O8. The van der Waals surface area contributed by atoms with Gasteiger partial charge in [-0.1, -0.05) is 109 Å². The van der Waals surface area contributed by atoms with Crippen LogP contribution in [0.4, 0.5) is 0 Å². The zero-order valence-corrected chi connectivity index (χ0v) is 23.5. The lowest BCUT2D eigenvalue weighted by molar-refractivity contribution is 0.0464. The van der Waals surface area contributed by atoms with E-state index in [0.29, 0.717) is 5.56 Å². The van der Waals surface area contributed by atoms with E-state index in [1.54, 1.807) is 66.7 Å². The first kappa shape index (κ1) is 29.5. The molecule has 218 valence electrons. The number of hydrogen-bond acceptors (Lipinski definition) is 8. The molecule has 0 aliphatic rings. The lowest BCUT2D eigenvalue weighted by Gasteiger charge is -2.20. The van der Waals surface area contributed by atoms with Crippen molar-refractivity contribution in [2.45, 2.75) is 13.5 Å². The monoisotopic (exact) mass is 586 g/mol. The Morgan fingerprint density at radius 1 is 0.545 bits per heavy atom. The molecule has 0 aliphatic heterocycles. The van der Waals surface area contributed by atoms with Crippen molar-refractivity contribution in [3.8, 4) is 17.2 Å². The maximum atomic E-state index is 14.1. The quantitative estimate of drug-likeness (QED) is 0.0874. The van der Waals surface area contributed by atoms with Gasteiger partial charge < -0.3 is 19.7 Å². The Labute approximate surface area is 252 Å². The zero-order chi connectivity index (χ0) is 31.2. The standard InChI is InChI=1S/C36H26O8/c1-22-17-19-23(20-18-22)21-43-36(42)27-28(30(37)24-11-5-2-6-12-24)32(39)33(40)34(44-35(41)26-15-9-4-10-16-26)29(27)31(38)25-13-7-3-8-14-25/h2-20,39-40H,21H2,1H3. The molecule has 0 saturated heterocycles. The van der Waals surface area contributed by atoms with Crippen LogP contribution in [-0.4, -0.2) is 33.7 Å². The molecule has 0 bridgehead atoms. The number of carbonyl (C=O) groups is 4. The highest BCUT2D eigenvalue weighted by Gasteiger charge is 2.37. The van der Waals surface area contributed by atoms with Crippen molar-refractivity contribution in [1.82, 2.24) is 0 Å². The average molecular weight is 587 g/mol. The van der Waals surface area contributed by atoms with Crippen molar-refractivity contribution in [2.75, 3.05) is 0 Å². The van der Waals surface area contributed by atoms with Crippen molar-refractivity contribution in [2.24, 2.45) is 0 Å². The fraction of sp³-hybridized carbons (Fsp3) is 0.0556. The number of hydrogen-bond donors (Lipinski definition) is 2. The van der Waals surface area contributed by atoms with E-state index in [-0.39, 0.29) is 23.3 Å². The normalized spacial score (nSPS) is 10.6. The van der Waals surface area contributed by atoms with Crippen LogP contribution in [-0.2, 0) is 11.3 Å². The van der Waals surface area contributed by atoms with Gasteiger partial charge in [-0.25, -0.2) is 9.59 Å². The first-order chi connectivity index (χ1) is 21.3. The fourth-order valence-electron chi connectivity index (χ4n) is 4.54. The zero-order valence-electron chi connectivity index (χ0n) is 23.5. The minimum Gasteiger partial charge on any atom is -0.504 e. The minimum absolute atomic E-state index is 0.0558. The summed E-state index contributed by atoms with van der Waals surface area (Å²) in [5, 5.41) is 22.4. The van der Waals surface area contributed by atoms with Crippen molar-refractivity contribution in [1.29, 1.82) is 0 Å². The second kappa shape index (κ2) is 12.9. The summed E-state index contributed by atoms with van der Waals surface area (Å²) in [5.74, 6) is -6.79. The van der Waals surface area contributed by atoms with Gasteiger partial charge in [-0.05, 0) is 24.6 Å². The van der Waals surface area contributed by atoms with E-state index in [1.807, 2.05) is 19.1 Å². The largest absolute Gasteiger partial charge is 0.504 e. The number of rotatable bonds is 9. The summed E-state index contributed by atoms with van der Waals surface area (Å²) in [6, 6.07) is 30.3. The number of benzene rings is 5. The van der Waals surface area contributed by atoms with Gasteiger partial charge in [0.25, 0.3) is 0 Å². The first-order valence-electron chi connectivity index (χ1n) is 13.6. The molecular weight excluding hydrogens is 560 g/mol. The summed E-state index contributed by atoms with van der Waals surface area (Å²) >= 11 is 0. The maximum Gasteiger partial charge on any atom is 0.343 e. The molecule has 5 aromatic rings. The van der Waals surface area contributed by atoms with E-state index in [2.05, 4.69) is 0 Å². The second-order valence-corrected chi connectivity index (χ2v) is 9.86. The molecule has 0 unspecified atom stereocenters. The van der Waals surface area contributed by atoms with Crippen molar-refractivity contribution >= 4 is 23.5 Å². The van der Waals surface area contributed by atoms with Crippen molar-refractivity contribution in [3.05, 3.63) is 160 Å². The number of aryl methyl sites for hydroxylation is 1. The highest BCUT2D eigenvalue weighted by molar-refractivity contribution is 6.24. The van der Waals surface area contributed by atoms with Crippen LogP contribution >= 0.6 is 0 Å². The molecule has 0 aromatic heterocycles. The Morgan fingerprint density at radius 3 is 1.55 bits per heavy atom. The predicted molar refractivity (Wildman–Crippen MR) is 161 cm³/mol. The smallest absolute Gasteiger partial charge is 0.343 e. The first-order valence-corrected chi connectivity index (χ1v) is 13.6. The van der Waals surface area contributed by atoms with Gasteiger partial charge in [-0.2, -0.15) is 0 Å². The average Bonchev–Trinajstić information content (AvgIpc) is 3.06. The van der Waals surface area contributed by atoms with E-state index in [0.717, 1.165) is 5.56 Å². The van der Waals surface area contributed by atoms with Gasteiger partial charge in [0, 0.05) is 11.1 Å². The van der Waals surface area contributed by atoms with Crippen LogP contribution in [0.15, 0.2) is 115 Å². The molecule has 5 rings (SSSR count). The highest BCUT2D eigenvalue weighted by atomic mass is 16.5. The molecule has 0 heterocycles. The second-order valence-electron chi connectivity index (χ2n) is 9.86. The van der Waals surface area contributed by atoms with E-state index < -0.39 is 57.4 Å². The third-order valence-electron chi connectivity index (χ3n) is 6.83. The Morgan fingerprint density at radius 2 is 1.02 bits per heavy atom. The van der Waals surface area contributed by atoms with Gasteiger partial charge >= 0.3 is 11.9 Å². The molecule has 0 radical (unpaired) electrons. The van der Waals surface area contributed by atoms with Crippen molar-refractivity contribution < 1.29 is 38.9 Å². The molecule has 0 spiro atoms. The molecule has 0 atom stereocenters. The molecule has 44 heavy (non-hydrogen) atoms. The van der Waals surface area contributed by atoms with Crippen LogP contribution in [0, 0.1) is 6.92 Å². The van der Waals surface area contributed by atoms with Crippen molar-refractivity contribution in [3.63, 3.8) is 0 Å². The molecule has 8 heteroatoms. The van der Waals surface area contributed by atoms with Gasteiger partial charge in [0.2, 0.25) is 5.75 Å². The number of phenolic OH excluding ortho intramolecular Hbond substituents is 2. The van der Waals surface area contributed by atoms with E-state index in [1.165, 1.54) is 36.4 Å². The lowest BCUT2D eigenvalue weighted by atomic mass is 9.88. The third-order valence-corrected chi connectivity index (χ3v) is 6.83. The van der Waals surface area contributed by atoms with Gasteiger partial charge in [0.15, 0.2) is 23.1 Å². The van der Waals surface area contributed by atoms with Crippen LogP contribution in [0.1, 0.15) is 63.7 Å². The fourth-order valence-corrected chi connectivity index (χ4v) is 4.54. The predicted octanol–water partition coefficient (Wildman–Crippen LogP) is 6.44. The van der Waals surface area contributed by atoms with E-state index in [9.17, 15) is 29.4 Å². The Balaban J connectivity index is 1.75. The van der Waals surface area contributed by atoms with Crippen LogP contribution in [0.25, 0.3) is 0 Å². The Bertz CT molecular complexity index is 1850. The summed E-state index contributed by atoms with van der Waals surface area (Å²) < 4.78 is 11.1. The summed E-state index contributed by atoms with van der Waals surface area (Å²) in [6.45, 7) is 1.66. The van der Waals surface area contributed by atoms with Gasteiger partial charge in [0.05, 0.1) is 22.3 Å². The van der Waals surface area contributed by atoms with Gasteiger partial charge in [0.1, 0.15) is 6.61 Å². The van der Waals surface area contributed by atoms with Crippen LogP contribution in [0.2, 0.25) is 0 Å².